The molecular formula is C12H11F3N2O3. The number of nitrogens with zero attached hydrogens (tertiary/aromatic N) is 2. The van der Waals surface area contributed by atoms with Gasteiger partial charge in [0.1, 0.15) is 6.61 Å². The number of carbonyl (C=O) groups is 1. The van der Waals surface area contributed by atoms with Gasteiger partial charge in [0.15, 0.2) is 0 Å². The van der Waals surface area contributed by atoms with Crippen molar-refractivity contribution in [2.24, 2.45) is 0 Å². The van der Waals surface area contributed by atoms with Crippen molar-refractivity contribution < 1.29 is 27.8 Å². The fraction of sp³-hybridized carbons (Fsp3) is 0.333. The zero-order valence-electron chi connectivity index (χ0n) is 10.2. The van der Waals surface area contributed by atoms with E-state index in [2.05, 4.69) is 9.72 Å². The minimum Gasteiger partial charge on any atom is -0.478 e. The largest absolute Gasteiger partial charge is 0.478 e. The lowest BCUT2D eigenvalue weighted by molar-refractivity contribution is -0.174. The molecule has 1 aromatic carbocycles. The van der Waals surface area contributed by atoms with Gasteiger partial charge in [0, 0.05) is 6.54 Å². The summed E-state index contributed by atoms with van der Waals surface area (Å²) in [5.41, 5.74) is 0.896. The highest BCUT2D eigenvalue weighted by molar-refractivity contribution is 6.01. The Bertz CT molecular complexity index is 622. The number of aromatic carboxylic acids is 1. The molecule has 0 fully saturated rings. The Kier molecular flexibility index (Phi) is 3.93. The molecule has 20 heavy (non-hydrogen) atoms. The third-order valence-corrected chi connectivity index (χ3v) is 2.61. The Morgan fingerprint density at radius 3 is 2.80 bits per heavy atom. The molecule has 2 aromatic rings. The molecule has 1 N–H and O–H groups in total. The van der Waals surface area contributed by atoms with Crippen molar-refractivity contribution >= 4 is 17.0 Å². The molecule has 5 nitrogen and oxygen atoms in total. The van der Waals surface area contributed by atoms with Crippen LogP contribution in [0.5, 0.6) is 0 Å². The first-order chi connectivity index (χ1) is 9.38. The molecule has 0 aliphatic rings. The smallest absolute Gasteiger partial charge is 0.411 e. The van der Waals surface area contributed by atoms with E-state index in [0.717, 1.165) is 0 Å². The Morgan fingerprint density at radius 2 is 2.15 bits per heavy atom. The number of ether oxygens (including phenoxy) is 1. The standard InChI is InChI=1S/C12H11F3N2O3/c13-12(14,15)6-20-5-4-17-7-16-9-3-1-2-8(10(9)17)11(18)19/h1-3,7H,4-6H2,(H,18,19). The lowest BCUT2D eigenvalue weighted by Gasteiger charge is -2.09. The van der Waals surface area contributed by atoms with E-state index in [4.69, 9.17) is 5.11 Å². The first kappa shape index (κ1) is 14.3. The van der Waals surface area contributed by atoms with E-state index in [1.807, 2.05) is 0 Å². The topological polar surface area (TPSA) is 64.3 Å². The number of aromatic nitrogens is 2. The van der Waals surface area contributed by atoms with Gasteiger partial charge in [0.25, 0.3) is 0 Å². The summed E-state index contributed by atoms with van der Waals surface area (Å²) >= 11 is 0. The molecule has 2 rings (SSSR count). The lowest BCUT2D eigenvalue weighted by atomic mass is 10.2. The Balaban J connectivity index is 2.13. The summed E-state index contributed by atoms with van der Waals surface area (Å²) < 4.78 is 41.7. The Labute approximate surface area is 111 Å². The van der Waals surface area contributed by atoms with E-state index < -0.39 is 18.8 Å². The highest BCUT2D eigenvalue weighted by Crippen LogP contribution is 2.18. The Morgan fingerprint density at radius 1 is 1.40 bits per heavy atom. The number of imidazole rings is 1. The van der Waals surface area contributed by atoms with Gasteiger partial charge in [-0.25, -0.2) is 9.78 Å². The third kappa shape index (κ3) is 3.27. The molecule has 0 radical (unpaired) electrons. The summed E-state index contributed by atoms with van der Waals surface area (Å²) in [5.74, 6) is -1.12. The minimum atomic E-state index is -4.37. The first-order valence-corrected chi connectivity index (χ1v) is 5.70. The summed E-state index contributed by atoms with van der Waals surface area (Å²) in [6.45, 7) is -1.42. The molecular weight excluding hydrogens is 277 g/mol. The van der Waals surface area contributed by atoms with E-state index in [-0.39, 0.29) is 18.7 Å². The molecule has 8 heteroatoms. The van der Waals surface area contributed by atoms with Gasteiger partial charge in [-0.15, -0.1) is 0 Å². The maximum atomic E-state index is 11.9. The average Bonchev–Trinajstić information content (AvgIpc) is 2.76. The number of hydrogen-bond acceptors (Lipinski definition) is 3. The zero-order valence-corrected chi connectivity index (χ0v) is 10.2. The normalized spacial score (nSPS) is 11.9. The van der Waals surface area contributed by atoms with E-state index in [1.165, 1.54) is 17.0 Å². The fourth-order valence-corrected chi connectivity index (χ4v) is 1.82. The molecule has 0 saturated heterocycles. The number of halogens is 3. The predicted molar refractivity (Wildman–Crippen MR) is 63.6 cm³/mol. The van der Waals surface area contributed by atoms with Crippen LogP contribution >= 0.6 is 0 Å². The number of hydrogen-bond donors (Lipinski definition) is 1. The summed E-state index contributed by atoms with van der Waals surface area (Å²) in [4.78, 5) is 15.1. The number of carboxylic acid groups (broad SMARTS) is 1. The highest BCUT2D eigenvalue weighted by Gasteiger charge is 2.27. The molecule has 0 atom stereocenters. The van der Waals surface area contributed by atoms with Crippen LogP contribution in [0.25, 0.3) is 11.0 Å². The van der Waals surface area contributed by atoms with E-state index in [9.17, 15) is 18.0 Å². The molecule has 1 heterocycles. The van der Waals surface area contributed by atoms with Gasteiger partial charge >= 0.3 is 12.1 Å². The van der Waals surface area contributed by atoms with Gasteiger partial charge in [-0.05, 0) is 12.1 Å². The van der Waals surface area contributed by atoms with Crippen molar-refractivity contribution in [3.63, 3.8) is 0 Å². The molecule has 0 amide bonds. The van der Waals surface area contributed by atoms with Gasteiger partial charge in [0.2, 0.25) is 0 Å². The SMILES string of the molecule is O=C(O)c1cccc2ncn(CCOCC(F)(F)F)c12. The van der Waals surface area contributed by atoms with Crippen molar-refractivity contribution in [3.05, 3.63) is 30.1 Å². The highest BCUT2D eigenvalue weighted by atomic mass is 19.4. The number of para-hydroxylation sites is 1. The zero-order chi connectivity index (χ0) is 14.8. The summed E-state index contributed by atoms with van der Waals surface area (Å²) in [7, 11) is 0. The molecule has 1 aromatic heterocycles. The van der Waals surface area contributed by atoms with Crippen LogP contribution in [0.15, 0.2) is 24.5 Å². The number of alkyl halides is 3. The molecule has 0 saturated carbocycles. The average molecular weight is 288 g/mol. The third-order valence-electron chi connectivity index (χ3n) is 2.61. The van der Waals surface area contributed by atoms with Gasteiger partial charge in [-0.3, -0.25) is 0 Å². The molecule has 0 unspecified atom stereocenters. The molecule has 0 bridgehead atoms. The minimum absolute atomic E-state index is 0.0517. The van der Waals surface area contributed by atoms with Gasteiger partial charge in [-0.1, -0.05) is 6.07 Å². The van der Waals surface area contributed by atoms with E-state index in [0.29, 0.717) is 11.0 Å². The van der Waals surface area contributed by atoms with Crippen molar-refractivity contribution in [3.8, 4) is 0 Å². The van der Waals surface area contributed by atoms with Crippen molar-refractivity contribution in [1.82, 2.24) is 9.55 Å². The summed E-state index contributed by atoms with van der Waals surface area (Å²) in [6, 6.07) is 4.61. The lowest BCUT2D eigenvalue weighted by Crippen LogP contribution is -2.19. The second-order valence-electron chi connectivity index (χ2n) is 4.08. The number of fused-ring (bicyclic) bond motifs is 1. The summed E-state index contributed by atoms with van der Waals surface area (Å²) in [5, 5.41) is 9.08. The monoisotopic (exact) mass is 288 g/mol. The van der Waals surface area contributed by atoms with Crippen LogP contribution < -0.4 is 0 Å². The predicted octanol–water partition coefficient (Wildman–Crippen LogP) is 2.31. The maximum absolute atomic E-state index is 11.9. The van der Waals surface area contributed by atoms with Crippen LogP contribution in [0.2, 0.25) is 0 Å². The number of carboxylic acids is 1. The van der Waals surface area contributed by atoms with Crippen LogP contribution in [0.3, 0.4) is 0 Å². The molecule has 0 spiro atoms. The van der Waals surface area contributed by atoms with Crippen LogP contribution in [0.1, 0.15) is 10.4 Å². The maximum Gasteiger partial charge on any atom is 0.411 e. The molecule has 0 aliphatic heterocycles. The van der Waals surface area contributed by atoms with Crippen LogP contribution in [-0.4, -0.2) is 40.0 Å². The second kappa shape index (κ2) is 5.49. The number of benzene rings is 1. The van der Waals surface area contributed by atoms with Crippen molar-refractivity contribution in [2.75, 3.05) is 13.2 Å². The van der Waals surface area contributed by atoms with E-state index in [1.54, 1.807) is 12.1 Å². The van der Waals surface area contributed by atoms with Crippen molar-refractivity contribution in [2.45, 2.75) is 12.7 Å². The van der Waals surface area contributed by atoms with E-state index >= 15 is 0 Å². The van der Waals surface area contributed by atoms with Crippen LogP contribution in [0.4, 0.5) is 13.2 Å². The summed E-state index contributed by atoms with van der Waals surface area (Å²) in [6.07, 6.45) is -2.99. The first-order valence-electron chi connectivity index (χ1n) is 5.70. The van der Waals surface area contributed by atoms with Crippen LogP contribution in [0, 0.1) is 0 Å². The second-order valence-corrected chi connectivity index (χ2v) is 4.08. The fourth-order valence-electron chi connectivity index (χ4n) is 1.82. The van der Waals surface area contributed by atoms with Crippen LogP contribution in [-0.2, 0) is 11.3 Å². The van der Waals surface area contributed by atoms with Gasteiger partial charge < -0.3 is 14.4 Å². The molecule has 108 valence electrons. The quantitative estimate of drug-likeness (QED) is 0.857. The van der Waals surface area contributed by atoms with Gasteiger partial charge in [-0.2, -0.15) is 13.2 Å². The van der Waals surface area contributed by atoms with Crippen molar-refractivity contribution in [1.29, 1.82) is 0 Å². The molecule has 0 aliphatic carbocycles. The van der Waals surface area contributed by atoms with Gasteiger partial charge in [0.05, 0.1) is 29.5 Å². The Hall–Kier alpha value is -2.09. The number of rotatable bonds is 5.